The number of nitrogens with zero attached hydrogens (tertiary/aromatic N) is 2. The molecule has 0 bridgehead atoms. The van der Waals surface area contributed by atoms with Gasteiger partial charge in [-0.2, -0.15) is 0 Å². The lowest BCUT2D eigenvalue weighted by Crippen LogP contribution is -2.29. The van der Waals surface area contributed by atoms with Crippen LogP contribution < -0.4 is 9.64 Å². The van der Waals surface area contributed by atoms with Gasteiger partial charge in [0.15, 0.2) is 5.13 Å². The van der Waals surface area contributed by atoms with Gasteiger partial charge in [-0.25, -0.2) is 4.98 Å². The van der Waals surface area contributed by atoms with Crippen LogP contribution in [-0.4, -0.2) is 28.4 Å². The number of Topliss-reactive ketones (excluding diaryl/α,β-unsaturated/α-hetero) is 1. The number of ketones is 1. The van der Waals surface area contributed by atoms with Gasteiger partial charge in [0.05, 0.1) is 33.5 Å². The second kappa shape index (κ2) is 10.2. The monoisotopic (exact) mass is 546 g/mol. The highest BCUT2D eigenvalue weighted by Crippen LogP contribution is 2.45. The van der Waals surface area contributed by atoms with E-state index in [4.69, 9.17) is 21.3 Å². The van der Waals surface area contributed by atoms with Crippen LogP contribution in [0.1, 0.15) is 55.0 Å². The van der Waals surface area contributed by atoms with E-state index in [1.165, 1.54) is 16.2 Å². The molecule has 4 aromatic rings. The first-order valence-corrected chi connectivity index (χ1v) is 13.6. The van der Waals surface area contributed by atoms with Gasteiger partial charge in [-0.15, -0.1) is 0 Å². The van der Waals surface area contributed by atoms with Gasteiger partial charge in [-0.3, -0.25) is 14.5 Å². The van der Waals surface area contributed by atoms with E-state index in [1.54, 1.807) is 18.2 Å². The van der Waals surface area contributed by atoms with E-state index < -0.39 is 17.7 Å². The van der Waals surface area contributed by atoms with E-state index in [9.17, 15) is 14.7 Å². The molecule has 2 heterocycles. The average molecular weight is 547 g/mol. The Labute approximate surface area is 230 Å². The van der Waals surface area contributed by atoms with Crippen molar-refractivity contribution in [3.05, 3.63) is 93.5 Å². The van der Waals surface area contributed by atoms with E-state index >= 15 is 0 Å². The SMILES string of the molecule is CCOc1ccc(Cl)c(/C(O)=C2\C(=O)C(=O)N(c3nc4ccc(C(C)C)cc4s3)C2c2cccc(C)c2)c1. The Balaban J connectivity index is 1.72. The molecule has 1 fully saturated rings. The van der Waals surface area contributed by atoms with Gasteiger partial charge < -0.3 is 9.84 Å². The number of aromatic nitrogens is 1. The molecular weight excluding hydrogens is 520 g/mol. The van der Waals surface area contributed by atoms with E-state index in [2.05, 4.69) is 19.9 Å². The van der Waals surface area contributed by atoms with Crippen LogP contribution in [0.4, 0.5) is 5.13 Å². The first-order chi connectivity index (χ1) is 18.2. The van der Waals surface area contributed by atoms with Crippen LogP contribution in [0.3, 0.4) is 0 Å². The summed E-state index contributed by atoms with van der Waals surface area (Å²) in [6.45, 7) is 8.44. The molecule has 0 saturated carbocycles. The van der Waals surface area contributed by atoms with Crippen molar-refractivity contribution in [1.29, 1.82) is 0 Å². The predicted octanol–water partition coefficient (Wildman–Crippen LogP) is 7.41. The number of ether oxygens (including phenoxy) is 1. The number of carbonyl (C=O) groups is 2. The Morgan fingerprint density at radius 3 is 2.63 bits per heavy atom. The van der Waals surface area contributed by atoms with Gasteiger partial charge in [0.2, 0.25) is 0 Å². The second-order valence-electron chi connectivity index (χ2n) is 9.54. The molecule has 1 aliphatic heterocycles. The Bertz CT molecular complexity index is 1610. The number of aliphatic hydroxyl groups is 1. The number of aliphatic hydroxyl groups excluding tert-OH is 1. The Hall–Kier alpha value is -3.68. The van der Waals surface area contributed by atoms with Crippen molar-refractivity contribution in [3.63, 3.8) is 0 Å². The van der Waals surface area contributed by atoms with Crippen LogP contribution in [0.2, 0.25) is 5.02 Å². The van der Waals surface area contributed by atoms with Crippen molar-refractivity contribution < 1.29 is 19.4 Å². The summed E-state index contributed by atoms with van der Waals surface area (Å²) >= 11 is 7.80. The summed E-state index contributed by atoms with van der Waals surface area (Å²) in [5, 5.41) is 12.1. The first kappa shape index (κ1) is 25.9. The molecule has 1 N–H and O–H groups in total. The van der Waals surface area contributed by atoms with Crippen molar-refractivity contribution in [2.45, 2.75) is 39.7 Å². The van der Waals surface area contributed by atoms with Gasteiger partial charge in [-0.1, -0.05) is 72.7 Å². The quantitative estimate of drug-likeness (QED) is 0.155. The standard InChI is InChI=1S/C30H27ClN2O4S/c1-5-37-20-10-11-22(31)21(15-20)27(34)25-26(19-8-6-7-17(4)13-19)33(29(36)28(25)35)30-32-23-12-9-18(16(2)3)14-24(23)38-30/h6-16,26,34H,5H2,1-4H3/b27-25+. The molecule has 194 valence electrons. The molecule has 38 heavy (non-hydrogen) atoms. The number of fused-ring (bicyclic) bond motifs is 1. The molecular formula is C30H27ClN2O4S. The molecule has 5 rings (SSSR count). The Kier molecular flexibility index (Phi) is 6.99. The molecule has 1 atom stereocenters. The fraction of sp³-hybridized carbons (Fsp3) is 0.233. The normalized spacial score (nSPS) is 17.1. The fourth-order valence-electron chi connectivity index (χ4n) is 4.66. The highest BCUT2D eigenvalue weighted by molar-refractivity contribution is 7.22. The van der Waals surface area contributed by atoms with E-state index in [1.807, 2.05) is 50.2 Å². The number of hydrogen-bond donors (Lipinski definition) is 1. The summed E-state index contributed by atoms with van der Waals surface area (Å²) in [4.78, 5) is 33.2. The van der Waals surface area contributed by atoms with Crippen LogP contribution in [0.15, 0.2) is 66.2 Å². The third kappa shape index (κ3) is 4.57. The lowest BCUT2D eigenvalue weighted by molar-refractivity contribution is -0.132. The van der Waals surface area contributed by atoms with Gasteiger partial charge in [-0.05, 0) is 61.2 Å². The van der Waals surface area contributed by atoms with Gasteiger partial charge in [0.25, 0.3) is 5.78 Å². The van der Waals surface area contributed by atoms with Gasteiger partial charge >= 0.3 is 5.91 Å². The molecule has 1 saturated heterocycles. The largest absolute Gasteiger partial charge is 0.507 e. The van der Waals surface area contributed by atoms with Crippen molar-refractivity contribution in [1.82, 2.24) is 4.98 Å². The second-order valence-corrected chi connectivity index (χ2v) is 11.0. The number of benzene rings is 3. The smallest absolute Gasteiger partial charge is 0.301 e. The molecule has 3 aromatic carbocycles. The maximum Gasteiger partial charge on any atom is 0.301 e. The van der Waals surface area contributed by atoms with Crippen LogP contribution in [0, 0.1) is 6.92 Å². The topological polar surface area (TPSA) is 79.7 Å². The van der Waals surface area contributed by atoms with Crippen molar-refractivity contribution in [2.24, 2.45) is 0 Å². The van der Waals surface area contributed by atoms with E-state index in [0.29, 0.717) is 29.0 Å². The summed E-state index contributed by atoms with van der Waals surface area (Å²) in [6, 6.07) is 17.5. The number of aryl methyl sites for hydroxylation is 1. The summed E-state index contributed by atoms with van der Waals surface area (Å²) in [6.07, 6.45) is 0. The highest BCUT2D eigenvalue weighted by Gasteiger charge is 2.48. The molecule has 0 spiro atoms. The van der Waals surface area contributed by atoms with Crippen molar-refractivity contribution >= 4 is 55.7 Å². The third-order valence-electron chi connectivity index (χ3n) is 6.58. The number of amides is 1. The minimum absolute atomic E-state index is 0.0433. The summed E-state index contributed by atoms with van der Waals surface area (Å²) in [5.74, 6) is -1.07. The van der Waals surface area contributed by atoms with Crippen molar-refractivity contribution in [2.75, 3.05) is 11.5 Å². The third-order valence-corrected chi connectivity index (χ3v) is 7.93. The Morgan fingerprint density at radius 2 is 1.92 bits per heavy atom. The molecule has 0 radical (unpaired) electrons. The van der Waals surface area contributed by atoms with Crippen molar-refractivity contribution in [3.8, 4) is 5.75 Å². The molecule has 0 aliphatic carbocycles. The zero-order valence-electron chi connectivity index (χ0n) is 21.5. The molecule has 8 heteroatoms. The number of anilines is 1. The first-order valence-electron chi connectivity index (χ1n) is 12.4. The lowest BCUT2D eigenvalue weighted by atomic mass is 9.94. The Morgan fingerprint density at radius 1 is 1.13 bits per heavy atom. The lowest BCUT2D eigenvalue weighted by Gasteiger charge is -2.23. The molecule has 1 amide bonds. The van der Waals surface area contributed by atoms with Gasteiger partial charge in [0, 0.05) is 5.56 Å². The predicted molar refractivity (Wildman–Crippen MR) is 152 cm³/mol. The minimum atomic E-state index is -0.883. The molecule has 6 nitrogen and oxygen atoms in total. The number of rotatable bonds is 6. The average Bonchev–Trinajstić information content (AvgIpc) is 3.42. The van der Waals surface area contributed by atoms with Crippen LogP contribution in [0.5, 0.6) is 5.75 Å². The highest BCUT2D eigenvalue weighted by atomic mass is 35.5. The van der Waals surface area contributed by atoms with Crippen LogP contribution >= 0.6 is 22.9 Å². The van der Waals surface area contributed by atoms with Crippen LogP contribution in [0.25, 0.3) is 16.0 Å². The van der Waals surface area contributed by atoms with E-state index in [0.717, 1.165) is 21.3 Å². The molecule has 1 unspecified atom stereocenters. The zero-order valence-corrected chi connectivity index (χ0v) is 23.1. The summed E-state index contributed by atoms with van der Waals surface area (Å²) in [5.41, 5.74) is 3.72. The van der Waals surface area contributed by atoms with Crippen LogP contribution in [-0.2, 0) is 9.59 Å². The van der Waals surface area contributed by atoms with E-state index in [-0.39, 0.29) is 21.9 Å². The number of thiazole rings is 1. The number of hydrogen-bond acceptors (Lipinski definition) is 6. The maximum absolute atomic E-state index is 13.6. The summed E-state index contributed by atoms with van der Waals surface area (Å²) in [7, 11) is 0. The number of halogens is 1. The summed E-state index contributed by atoms with van der Waals surface area (Å²) < 4.78 is 6.50. The zero-order chi connectivity index (χ0) is 27.1. The minimum Gasteiger partial charge on any atom is -0.507 e. The maximum atomic E-state index is 13.6. The van der Waals surface area contributed by atoms with Gasteiger partial charge in [0.1, 0.15) is 11.5 Å². The number of carbonyl (C=O) groups excluding carboxylic acids is 2. The molecule has 1 aromatic heterocycles. The molecule has 1 aliphatic rings. The fourth-order valence-corrected chi connectivity index (χ4v) is 5.91.